The third-order valence-corrected chi connectivity index (χ3v) is 5.22. The minimum absolute atomic E-state index is 0.183. The van der Waals surface area contributed by atoms with E-state index in [-0.39, 0.29) is 5.56 Å². The lowest BCUT2D eigenvalue weighted by Gasteiger charge is -2.24. The lowest BCUT2D eigenvalue weighted by atomic mass is 10.2. The van der Waals surface area contributed by atoms with E-state index in [0.717, 1.165) is 29.8 Å². The molecule has 0 atom stereocenters. The van der Waals surface area contributed by atoms with Crippen LogP contribution in [0.2, 0.25) is 0 Å². The van der Waals surface area contributed by atoms with Crippen molar-refractivity contribution in [3.8, 4) is 11.4 Å². The van der Waals surface area contributed by atoms with E-state index in [9.17, 15) is 4.79 Å². The quantitative estimate of drug-likeness (QED) is 0.549. The molecule has 2 aromatic carbocycles. The molecule has 0 saturated heterocycles. The molecule has 0 unspecified atom stereocenters. The van der Waals surface area contributed by atoms with Crippen LogP contribution >= 0.6 is 0 Å². The largest absolute Gasteiger partial charge is 0.496 e. The molecule has 146 valence electrons. The van der Waals surface area contributed by atoms with Gasteiger partial charge in [0, 0.05) is 18.2 Å². The molecule has 4 aromatic rings. The van der Waals surface area contributed by atoms with Crippen molar-refractivity contribution in [3.05, 3.63) is 76.7 Å². The van der Waals surface area contributed by atoms with Crippen LogP contribution in [0.1, 0.15) is 18.4 Å². The molecule has 1 N–H and O–H groups in total. The molecular weight excluding hydrogens is 366 g/mol. The van der Waals surface area contributed by atoms with Crippen molar-refractivity contribution >= 4 is 17.0 Å². The molecule has 1 aliphatic carbocycles. The number of methoxy groups -OCH3 is 1. The lowest BCUT2D eigenvalue weighted by Crippen LogP contribution is -2.29. The second-order valence-corrected chi connectivity index (χ2v) is 7.19. The fourth-order valence-corrected chi connectivity index (χ4v) is 3.58. The number of nitrogens with one attached hydrogen (secondary N) is 1. The number of para-hydroxylation sites is 2. The zero-order valence-corrected chi connectivity index (χ0v) is 16.1. The summed E-state index contributed by atoms with van der Waals surface area (Å²) in [6, 6.07) is 18.0. The molecule has 7 heteroatoms. The molecule has 0 aliphatic heterocycles. The molecule has 0 amide bonds. The van der Waals surface area contributed by atoms with Crippen LogP contribution in [0.4, 0.5) is 5.95 Å². The zero-order valence-electron chi connectivity index (χ0n) is 16.1. The van der Waals surface area contributed by atoms with E-state index in [2.05, 4.69) is 15.0 Å². The van der Waals surface area contributed by atoms with Crippen LogP contribution in [-0.2, 0) is 6.54 Å². The average Bonchev–Trinajstić information content (AvgIpc) is 3.51. The summed E-state index contributed by atoms with van der Waals surface area (Å²) in [5.41, 5.74) is 2.30. The minimum Gasteiger partial charge on any atom is -0.496 e. The molecule has 1 saturated carbocycles. The van der Waals surface area contributed by atoms with E-state index in [0.29, 0.717) is 29.6 Å². The van der Waals surface area contributed by atoms with Gasteiger partial charge in [-0.15, -0.1) is 0 Å². The zero-order chi connectivity index (χ0) is 19.8. The first-order valence-corrected chi connectivity index (χ1v) is 9.66. The van der Waals surface area contributed by atoms with Crippen LogP contribution in [0, 0.1) is 0 Å². The second kappa shape index (κ2) is 7.09. The number of aromatic nitrogens is 4. The number of anilines is 1. The maximum Gasteiger partial charge on any atom is 0.263 e. The summed E-state index contributed by atoms with van der Waals surface area (Å²) < 4.78 is 7.22. The smallest absolute Gasteiger partial charge is 0.263 e. The van der Waals surface area contributed by atoms with Crippen molar-refractivity contribution in [2.24, 2.45) is 0 Å². The molecule has 1 fully saturated rings. The van der Waals surface area contributed by atoms with Crippen molar-refractivity contribution in [2.45, 2.75) is 25.4 Å². The van der Waals surface area contributed by atoms with Crippen molar-refractivity contribution in [3.63, 3.8) is 0 Å². The first-order chi connectivity index (χ1) is 14.2. The summed E-state index contributed by atoms with van der Waals surface area (Å²) in [4.78, 5) is 22.7. The first kappa shape index (κ1) is 17.5. The Kier molecular flexibility index (Phi) is 4.27. The van der Waals surface area contributed by atoms with Crippen molar-refractivity contribution in [2.75, 3.05) is 12.0 Å². The molecular formula is C22H21N5O2. The molecule has 0 bridgehead atoms. The van der Waals surface area contributed by atoms with Gasteiger partial charge in [-0.05, 0) is 31.0 Å². The van der Waals surface area contributed by atoms with Crippen LogP contribution in [-0.4, -0.2) is 32.9 Å². The number of nitrogens with zero attached hydrogens (tertiary/aromatic N) is 4. The SMILES string of the molecule is COc1ccccc1CN(c1nc2c(cnn2-c2ccccc2)c(=O)[nH]1)C1CC1. The number of rotatable bonds is 6. The topological polar surface area (TPSA) is 76.0 Å². The van der Waals surface area contributed by atoms with Gasteiger partial charge in [0.25, 0.3) is 5.56 Å². The second-order valence-electron chi connectivity index (χ2n) is 7.19. The summed E-state index contributed by atoms with van der Waals surface area (Å²) in [5.74, 6) is 1.39. The first-order valence-electron chi connectivity index (χ1n) is 9.66. The third kappa shape index (κ3) is 3.24. The van der Waals surface area contributed by atoms with Crippen LogP contribution in [0.15, 0.2) is 65.6 Å². The Hall–Kier alpha value is -3.61. The number of aromatic amines is 1. The number of hydrogen-bond donors (Lipinski definition) is 1. The predicted octanol–water partition coefficient (Wildman–Crippen LogP) is 3.29. The average molecular weight is 387 g/mol. The molecule has 0 radical (unpaired) electrons. The number of fused-ring (bicyclic) bond motifs is 1. The van der Waals surface area contributed by atoms with E-state index < -0.39 is 0 Å². The highest BCUT2D eigenvalue weighted by Crippen LogP contribution is 2.33. The highest BCUT2D eigenvalue weighted by Gasteiger charge is 2.32. The summed E-state index contributed by atoms with van der Waals surface area (Å²) in [7, 11) is 1.67. The fraction of sp³-hybridized carbons (Fsp3) is 0.227. The van der Waals surface area contributed by atoms with Crippen LogP contribution in [0.25, 0.3) is 16.7 Å². The van der Waals surface area contributed by atoms with Gasteiger partial charge in [-0.2, -0.15) is 10.1 Å². The van der Waals surface area contributed by atoms with Gasteiger partial charge in [0.1, 0.15) is 11.1 Å². The molecule has 29 heavy (non-hydrogen) atoms. The van der Waals surface area contributed by atoms with E-state index in [1.807, 2.05) is 54.6 Å². The molecule has 7 nitrogen and oxygen atoms in total. The van der Waals surface area contributed by atoms with Crippen LogP contribution in [0.5, 0.6) is 5.75 Å². The highest BCUT2D eigenvalue weighted by molar-refractivity contribution is 5.76. The highest BCUT2D eigenvalue weighted by atomic mass is 16.5. The van der Waals surface area contributed by atoms with Crippen LogP contribution in [0.3, 0.4) is 0 Å². The Morgan fingerprint density at radius 1 is 1.14 bits per heavy atom. The van der Waals surface area contributed by atoms with Gasteiger partial charge in [0.05, 0.1) is 19.0 Å². The standard InChI is InChI=1S/C22H21N5O2/c1-29-19-10-6-5-7-15(19)14-26(16-11-12-16)22-24-20-18(21(28)25-22)13-23-27(20)17-8-3-2-4-9-17/h2-10,13,16H,11-12,14H2,1H3,(H,24,25,28). The molecule has 0 spiro atoms. The van der Waals surface area contributed by atoms with E-state index >= 15 is 0 Å². The van der Waals surface area contributed by atoms with Gasteiger partial charge in [0.15, 0.2) is 5.65 Å². The van der Waals surface area contributed by atoms with Gasteiger partial charge in [-0.25, -0.2) is 4.68 Å². The maximum absolute atomic E-state index is 12.8. The van der Waals surface area contributed by atoms with Gasteiger partial charge in [-0.3, -0.25) is 9.78 Å². The normalized spacial score (nSPS) is 13.6. The van der Waals surface area contributed by atoms with Gasteiger partial charge in [0.2, 0.25) is 5.95 Å². The van der Waals surface area contributed by atoms with Crippen molar-refractivity contribution in [1.82, 2.24) is 19.7 Å². The maximum atomic E-state index is 12.8. The van der Waals surface area contributed by atoms with E-state index in [1.165, 1.54) is 0 Å². The predicted molar refractivity (Wildman–Crippen MR) is 112 cm³/mol. The number of hydrogen-bond acceptors (Lipinski definition) is 5. The number of ether oxygens (including phenoxy) is 1. The summed E-state index contributed by atoms with van der Waals surface area (Å²) in [6.45, 7) is 0.614. The molecule has 5 rings (SSSR count). The lowest BCUT2D eigenvalue weighted by molar-refractivity contribution is 0.409. The van der Waals surface area contributed by atoms with Crippen LogP contribution < -0.4 is 15.2 Å². The molecule has 1 aliphatic rings. The minimum atomic E-state index is -0.183. The Balaban J connectivity index is 1.60. The molecule has 2 heterocycles. The van der Waals surface area contributed by atoms with Gasteiger partial charge in [-0.1, -0.05) is 36.4 Å². The number of benzene rings is 2. The van der Waals surface area contributed by atoms with E-state index in [4.69, 9.17) is 9.72 Å². The summed E-state index contributed by atoms with van der Waals surface area (Å²) in [6.07, 6.45) is 3.73. The summed E-state index contributed by atoms with van der Waals surface area (Å²) in [5, 5.41) is 4.87. The Morgan fingerprint density at radius 2 is 1.90 bits per heavy atom. The summed E-state index contributed by atoms with van der Waals surface area (Å²) >= 11 is 0. The fourth-order valence-electron chi connectivity index (χ4n) is 3.58. The van der Waals surface area contributed by atoms with Gasteiger partial charge < -0.3 is 9.64 Å². The van der Waals surface area contributed by atoms with Crippen molar-refractivity contribution < 1.29 is 4.74 Å². The molecule has 2 aromatic heterocycles. The number of H-pyrrole nitrogens is 1. The van der Waals surface area contributed by atoms with E-state index in [1.54, 1.807) is 18.0 Å². The Labute approximate surface area is 167 Å². The Morgan fingerprint density at radius 3 is 2.66 bits per heavy atom. The third-order valence-electron chi connectivity index (χ3n) is 5.22. The monoisotopic (exact) mass is 387 g/mol. The van der Waals surface area contributed by atoms with Crippen molar-refractivity contribution in [1.29, 1.82) is 0 Å². The Bertz CT molecular complexity index is 1210. The van der Waals surface area contributed by atoms with Gasteiger partial charge >= 0.3 is 0 Å².